The Morgan fingerprint density at radius 2 is 1.38 bits per heavy atom. The van der Waals surface area contributed by atoms with Crippen LogP contribution in [0.4, 0.5) is 13.2 Å². The summed E-state index contributed by atoms with van der Waals surface area (Å²) in [7, 11) is 0. The van der Waals surface area contributed by atoms with Crippen molar-refractivity contribution < 1.29 is 18.0 Å². The molecule has 3 rings (SSSR count). The molecule has 3 aromatic rings. The molecule has 0 aliphatic heterocycles. The molecule has 0 saturated heterocycles. The van der Waals surface area contributed by atoms with Crippen molar-refractivity contribution in [2.75, 3.05) is 0 Å². The Labute approximate surface area is 118 Å². The Bertz CT molecular complexity index is 836. The minimum absolute atomic E-state index is 0.107. The first-order chi connectivity index (χ1) is 10.1. The van der Waals surface area contributed by atoms with E-state index in [1.54, 1.807) is 24.3 Å². The molecule has 0 saturated carbocycles. The molecule has 0 radical (unpaired) electrons. The average molecular weight is 286 g/mol. The van der Waals surface area contributed by atoms with Crippen LogP contribution in [0.3, 0.4) is 0 Å². The third-order valence-electron chi connectivity index (χ3n) is 3.24. The van der Waals surface area contributed by atoms with Gasteiger partial charge in [0, 0.05) is 22.6 Å². The van der Waals surface area contributed by atoms with Gasteiger partial charge in [-0.05, 0) is 29.7 Å². The number of hydrogen-bond acceptors (Lipinski definition) is 1. The third kappa shape index (κ3) is 2.40. The van der Waals surface area contributed by atoms with Gasteiger partial charge in [0.15, 0.2) is 5.78 Å². The second kappa shape index (κ2) is 5.05. The van der Waals surface area contributed by atoms with E-state index in [0.717, 1.165) is 12.1 Å². The maximum atomic E-state index is 13.7. The van der Waals surface area contributed by atoms with E-state index in [9.17, 15) is 18.0 Å². The molecule has 3 aromatic carbocycles. The zero-order valence-electron chi connectivity index (χ0n) is 10.7. The Morgan fingerprint density at radius 3 is 2.05 bits per heavy atom. The van der Waals surface area contributed by atoms with Gasteiger partial charge in [-0.15, -0.1) is 0 Å². The molecule has 0 amide bonds. The maximum absolute atomic E-state index is 13.7. The minimum atomic E-state index is -0.829. The zero-order valence-corrected chi connectivity index (χ0v) is 10.7. The summed E-state index contributed by atoms with van der Waals surface area (Å²) < 4.78 is 40.2. The van der Waals surface area contributed by atoms with E-state index in [2.05, 4.69) is 0 Å². The summed E-state index contributed by atoms with van der Waals surface area (Å²) in [4.78, 5) is 12.4. The number of benzene rings is 3. The molecule has 0 atom stereocenters. The second-order valence-corrected chi connectivity index (χ2v) is 4.63. The molecular formula is C17H9F3O. The molecule has 0 aromatic heterocycles. The highest BCUT2D eigenvalue weighted by Crippen LogP contribution is 2.24. The predicted octanol–water partition coefficient (Wildman–Crippen LogP) is 4.49. The number of fused-ring (bicyclic) bond motifs is 1. The molecular weight excluding hydrogens is 277 g/mol. The van der Waals surface area contributed by atoms with Crippen molar-refractivity contribution in [3.05, 3.63) is 83.2 Å². The van der Waals surface area contributed by atoms with Crippen LogP contribution in [0, 0.1) is 17.5 Å². The summed E-state index contributed by atoms with van der Waals surface area (Å²) in [5.74, 6) is -2.66. The average Bonchev–Trinajstić information content (AvgIpc) is 2.46. The number of hydrogen-bond donors (Lipinski definition) is 0. The van der Waals surface area contributed by atoms with Crippen LogP contribution in [-0.2, 0) is 0 Å². The van der Waals surface area contributed by atoms with E-state index in [0.29, 0.717) is 16.8 Å². The first-order valence-electron chi connectivity index (χ1n) is 6.24. The molecule has 1 nitrogen and oxygen atoms in total. The van der Waals surface area contributed by atoms with E-state index in [1.807, 2.05) is 0 Å². The molecule has 0 aliphatic rings. The molecule has 21 heavy (non-hydrogen) atoms. The highest BCUT2D eigenvalue weighted by Gasteiger charge is 2.15. The van der Waals surface area contributed by atoms with Crippen LogP contribution in [-0.4, -0.2) is 5.78 Å². The van der Waals surface area contributed by atoms with Gasteiger partial charge in [0.2, 0.25) is 0 Å². The van der Waals surface area contributed by atoms with Crippen molar-refractivity contribution in [3.63, 3.8) is 0 Å². The van der Waals surface area contributed by atoms with Crippen molar-refractivity contribution in [1.29, 1.82) is 0 Å². The molecule has 4 heteroatoms. The molecule has 0 aliphatic carbocycles. The number of halogens is 3. The summed E-state index contributed by atoms with van der Waals surface area (Å²) in [6.45, 7) is 0. The van der Waals surface area contributed by atoms with Gasteiger partial charge < -0.3 is 0 Å². The molecule has 104 valence electrons. The molecule has 0 spiro atoms. The standard InChI is InChI=1S/C17H9F3O/c18-11-7-10(8-12(19)9-11)17(21)15-5-6-16(20)14-4-2-1-3-13(14)15/h1-9H. The van der Waals surface area contributed by atoms with Crippen LogP contribution in [0.15, 0.2) is 54.6 Å². The van der Waals surface area contributed by atoms with E-state index in [1.165, 1.54) is 12.1 Å². The Kier molecular flexibility index (Phi) is 3.22. The van der Waals surface area contributed by atoms with Gasteiger partial charge in [0.25, 0.3) is 0 Å². The quantitative estimate of drug-likeness (QED) is 0.634. The van der Waals surface area contributed by atoms with Crippen molar-refractivity contribution in [3.8, 4) is 0 Å². The van der Waals surface area contributed by atoms with E-state index < -0.39 is 23.2 Å². The van der Waals surface area contributed by atoms with Crippen LogP contribution in [0.5, 0.6) is 0 Å². The van der Waals surface area contributed by atoms with Crippen LogP contribution in [0.25, 0.3) is 10.8 Å². The first-order valence-corrected chi connectivity index (χ1v) is 6.24. The summed E-state index contributed by atoms with van der Waals surface area (Å²) in [5, 5.41) is 0.701. The van der Waals surface area contributed by atoms with E-state index >= 15 is 0 Å². The molecule has 0 bridgehead atoms. The van der Waals surface area contributed by atoms with Gasteiger partial charge in [0.1, 0.15) is 17.5 Å². The zero-order chi connectivity index (χ0) is 15.0. The SMILES string of the molecule is O=C(c1cc(F)cc(F)c1)c1ccc(F)c2ccccc12. The first kappa shape index (κ1) is 13.4. The largest absolute Gasteiger partial charge is 0.289 e. The van der Waals surface area contributed by atoms with Gasteiger partial charge in [-0.1, -0.05) is 24.3 Å². The Hall–Kier alpha value is -2.62. The predicted molar refractivity (Wildman–Crippen MR) is 73.7 cm³/mol. The summed E-state index contributed by atoms with van der Waals surface area (Å²) >= 11 is 0. The lowest BCUT2D eigenvalue weighted by atomic mass is 9.97. The molecule has 0 N–H and O–H groups in total. The van der Waals surface area contributed by atoms with Gasteiger partial charge in [-0.25, -0.2) is 13.2 Å². The fourth-order valence-electron chi connectivity index (χ4n) is 2.30. The van der Waals surface area contributed by atoms with Gasteiger partial charge in [0.05, 0.1) is 0 Å². The fourth-order valence-corrected chi connectivity index (χ4v) is 2.30. The number of rotatable bonds is 2. The molecule has 0 fully saturated rings. The molecule has 0 heterocycles. The number of carbonyl (C=O) groups excluding carboxylic acids is 1. The van der Waals surface area contributed by atoms with E-state index in [4.69, 9.17) is 0 Å². The monoisotopic (exact) mass is 286 g/mol. The lowest BCUT2D eigenvalue weighted by Gasteiger charge is -2.07. The van der Waals surface area contributed by atoms with Crippen LogP contribution in [0.1, 0.15) is 15.9 Å². The Balaban J connectivity index is 2.20. The third-order valence-corrected chi connectivity index (χ3v) is 3.24. The van der Waals surface area contributed by atoms with Gasteiger partial charge in [-0.3, -0.25) is 4.79 Å². The number of carbonyl (C=O) groups is 1. The summed E-state index contributed by atoms with van der Waals surface area (Å²) in [6.07, 6.45) is 0. The second-order valence-electron chi connectivity index (χ2n) is 4.63. The van der Waals surface area contributed by atoms with E-state index in [-0.39, 0.29) is 11.1 Å². The van der Waals surface area contributed by atoms with Crippen molar-refractivity contribution in [2.24, 2.45) is 0 Å². The highest BCUT2D eigenvalue weighted by molar-refractivity contribution is 6.16. The van der Waals surface area contributed by atoms with Crippen molar-refractivity contribution >= 4 is 16.6 Å². The summed E-state index contributed by atoms with van der Waals surface area (Å²) in [5.41, 5.74) is 0.0984. The highest BCUT2D eigenvalue weighted by atomic mass is 19.1. The fraction of sp³-hybridized carbons (Fsp3) is 0. The van der Waals surface area contributed by atoms with Crippen molar-refractivity contribution in [2.45, 2.75) is 0 Å². The van der Waals surface area contributed by atoms with Gasteiger partial charge >= 0.3 is 0 Å². The lowest BCUT2D eigenvalue weighted by Crippen LogP contribution is -2.04. The summed E-state index contributed by atoms with van der Waals surface area (Å²) in [6, 6.07) is 11.6. The van der Waals surface area contributed by atoms with Crippen LogP contribution >= 0.6 is 0 Å². The topological polar surface area (TPSA) is 17.1 Å². The Morgan fingerprint density at radius 1 is 0.762 bits per heavy atom. The van der Waals surface area contributed by atoms with Crippen LogP contribution in [0.2, 0.25) is 0 Å². The van der Waals surface area contributed by atoms with Crippen molar-refractivity contribution in [1.82, 2.24) is 0 Å². The smallest absolute Gasteiger partial charge is 0.193 e. The maximum Gasteiger partial charge on any atom is 0.193 e. The number of ketones is 1. The van der Waals surface area contributed by atoms with Crippen LogP contribution < -0.4 is 0 Å². The normalized spacial score (nSPS) is 10.8. The molecule has 0 unspecified atom stereocenters. The lowest BCUT2D eigenvalue weighted by molar-refractivity contribution is 0.103. The van der Waals surface area contributed by atoms with Gasteiger partial charge in [-0.2, -0.15) is 0 Å². The minimum Gasteiger partial charge on any atom is -0.289 e.